The molecule has 4 unspecified atom stereocenters. The van der Waals surface area contributed by atoms with Gasteiger partial charge in [0.1, 0.15) is 0 Å². The fraction of sp³-hybridized carbons (Fsp3) is 1.00. The van der Waals surface area contributed by atoms with Gasteiger partial charge in [0, 0.05) is 5.38 Å². The molecule has 0 aromatic rings. The molecule has 0 spiro atoms. The van der Waals surface area contributed by atoms with Crippen LogP contribution in [0.15, 0.2) is 0 Å². The SMILES string of the molecule is CCC(Cl)C1CC(C)CCC1C. The lowest BCUT2D eigenvalue weighted by molar-refractivity contribution is 0.195. The molecule has 1 rings (SSSR count). The number of hydrogen-bond donors (Lipinski definition) is 0. The molecule has 1 fully saturated rings. The standard InChI is InChI=1S/C11H21Cl/c1-4-11(12)10-7-8(2)5-6-9(10)3/h8-11H,4-7H2,1-3H3. The van der Waals surface area contributed by atoms with Crippen LogP contribution in [0.1, 0.15) is 46.5 Å². The lowest BCUT2D eigenvalue weighted by Crippen LogP contribution is -2.28. The van der Waals surface area contributed by atoms with Crippen molar-refractivity contribution in [3.05, 3.63) is 0 Å². The third kappa shape index (κ3) is 2.39. The molecule has 4 atom stereocenters. The Bertz CT molecular complexity index is 129. The number of alkyl halides is 1. The highest BCUT2D eigenvalue weighted by Crippen LogP contribution is 2.38. The molecule has 0 bridgehead atoms. The van der Waals surface area contributed by atoms with Gasteiger partial charge in [0.05, 0.1) is 0 Å². The predicted molar refractivity (Wildman–Crippen MR) is 55.6 cm³/mol. The highest BCUT2D eigenvalue weighted by atomic mass is 35.5. The van der Waals surface area contributed by atoms with Crippen molar-refractivity contribution in [2.45, 2.75) is 51.8 Å². The first-order valence-corrected chi connectivity index (χ1v) is 5.72. The molecule has 0 nitrogen and oxygen atoms in total. The minimum Gasteiger partial charge on any atom is -0.123 e. The lowest BCUT2D eigenvalue weighted by Gasteiger charge is -2.35. The molecule has 12 heavy (non-hydrogen) atoms. The highest BCUT2D eigenvalue weighted by molar-refractivity contribution is 6.20. The zero-order chi connectivity index (χ0) is 9.14. The quantitative estimate of drug-likeness (QED) is 0.573. The van der Waals surface area contributed by atoms with Crippen molar-refractivity contribution in [3.63, 3.8) is 0 Å². The Kier molecular flexibility index (Phi) is 3.89. The van der Waals surface area contributed by atoms with Crippen LogP contribution in [0.5, 0.6) is 0 Å². The van der Waals surface area contributed by atoms with Gasteiger partial charge in [0.2, 0.25) is 0 Å². The third-order valence-corrected chi connectivity index (χ3v) is 4.01. The second kappa shape index (κ2) is 4.50. The molecule has 0 radical (unpaired) electrons. The van der Waals surface area contributed by atoms with E-state index in [0.29, 0.717) is 5.38 Å². The van der Waals surface area contributed by atoms with Gasteiger partial charge in [0.25, 0.3) is 0 Å². The van der Waals surface area contributed by atoms with Crippen LogP contribution in [0, 0.1) is 17.8 Å². The fourth-order valence-corrected chi connectivity index (χ4v) is 2.73. The summed E-state index contributed by atoms with van der Waals surface area (Å²) in [5.74, 6) is 2.53. The zero-order valence-electron chi connectivity index (χ0n) is 8.52. The van der Waals surface area contributed by atoms with Crippen molar-refractivity contribution in [2.75, 3.05) is 0 Å². The Morgan fingerprint density at radius 2 is 2.00 bits per heavy atom. The average molecular weight is 189 g/mol. The maximum absolute atomic E-state index is 6.30. The predicted octanol–water partition coefficient (Wildman–Crippen LogP) is 4.08. The molecule has 1 saturated carbocycles. The Morgan fingerprint density at radius 3 is 2.58 bits per heavy atom. The van der Waals surface area contributed by atoms with Gasteiger partial charge < -0.3 is 0 Å². The van der Waals surface area contributed by atoms with E-state index in [-0.39, 0.29) is 0 Å². The molecule has 1 aliphatic carbocycles. The second-order valence-corrected chi connectivity index (χ2v) is 5.04. The van der Waals surface area contributed by atoms with Crippen LogP contribution in [0.3, 0.4) is 0 Å². The van der Waals surface area contributed by atoms with Crippen LogP contribution in [0.25, 0.3) is 0 Å². The molecular formula is C11H21Cl. The summed E-state index contributed by atoms with van der Waals surface area (Å²) in [5, 5.41) is 0.419. The van der Waals surface area contributed by atoms with E-state index in [9.17, 15) is 0 Å². The molecule has 0 aromatic carbocycles. The van der Waals surface area contributed by atoms with Gasteiger partial charge in [-0.15, -0.1) is 11.6 Å². The van der Waals surface area contributed by atoms with E-state index in [2.05, 4.69) is 20.8 Å². The summed E-state index contributed by atoms with van der Waals surface area (Å²) in [6, 6.07) is 0. The first-order chi connectivity index (χ1) is 5.65. The molecule has 1 aliphatic rings. The van der Waals surface area contributed by atoms with Crippen LogP contribution >= 0.6 is 11.6 Å². The number of halogens is 1. The highest BCUT2D eigenvalue weighted by Gasteiger charge is 2.29. The Hall–Kier alpha value is 0.290. The summed E-state index contributed by atoms with van der Waals surface area (Å²) < 4.78 is 0. The number of hydrogen-bond acceptors (Lipinski definition) is 0. The van der Waals surface area contributed by atoms with Gasteiger partial charge in [-0.2, -0.15) is 0 Å². The van der Waals surface area contributed by atoms with E-state index in [1.54, 1.807) is 0 Å². The van der Waals surface area contributed by atoms with Gasteiger partial charge in [-0.3, -0.25) is 0 Å². The van der Waals surface area contributed by atoms with Crippen molar-refractivity contribution in [1.29, 1.82) is 0 Å². The molecule has 72 valence electrons. The zero-order valence-corrected chi connectivity index (χ0v) is 9.27. The molecule has 0 saturated heterocycles. The fourth-order valence-electron chi connectivity index (χ4n) is 2.38. The van der Waals surface area contributed by atoms with Crippen LogP contribution in [0.4, 0.5) is 0 Å². The first-order valence-electron chi connectivity index (χ1n) is 5.29. The van der Waals surface area contributed by atoms with E-state index in [1.807, 2.05) is 0 Å². The van der Waals surface area contributed by atoms with Crippen LogP contribution in [-0.2, 0) is 0 Å². The van der Waals surface area contributed by atoms with Gasteiger partial charge in [-0.1, -0.05) is 33.6 Å². The summed E-state index contributed by atoms with van der Waals surface area (Å²) >= 11 is 6.30. The van der Waals surface area contributed by atoms with Crippen molar-refractivity contribution >= 4 is 11.6 Å². The molecule has 1 heteroatoms. The summed E-state index contributed by atoms with van der Waals surface area (Å²) in [6.07, 6.45) is 5.27. The van der Waals surface area contributed by atoms with Crippen molar-refractivity contribution in [1.82, 2.24) is 0 Å². The normalized spacial score (nSPS) is 39.5. The molecular weight excluding hydrogens is 168 g/mol. The topological polar surface area (TPSA) is 0 Å². The average Bonchev–Trinajstić information content (AvgIpc) is 2.08. The molecule has 0 aliphatic heterocycles. The van der Waals surface area contributed by atoms with E-state index < -0.39 is 0 Å². The van der Waals surface area contributed by atoms with Crippen molar-refractivity contribution in [3.8, 4) is 0 Å². The summed E-state index contributed by atoms with van der Waals surface area (Å²) in [5.41, 5.74) is 0. The van der Waals surface area contributed by atoms with Crippen LogP contribution in [-0.4, -0.2) is 5.38 Å². The smallest absolute Gasteiger partial charge is 0.0364 e. The van der Waals surface area contributed by atoms with Gasteiger partial charge in [-0.05, 0) is 30.6 Å². The minimum absolute atomic E-state index is 0.419. The maximum atomic E-state index is 6.30. The Balaban J connectivity index is 2.48. The molecule has 0 aromatic heterocycles. The van der Waals surface area contributed by atoms with Crippen LogP contribution in [0.2, 0.25) is 0 Å². The van der Waals surface area contributed by atoms with Gasteiger partial charge >= 0.3 is 0 Å². The van der Waals surface area contributed by atoms with Crippen molar-refractivity contribution < 1.29 is 0 Å². The van der Waals surface area contributed by atoms with E-state index in [1.165, 1.54) is 19.3 Å². The summed E-state index contributed by atoms with van der Waals surface area (Å²) in [4.78, 5) is 0. The Labute approximate surface area is 81.7 Å². The lowest BCUT2D eigenvalue weighted by atomic mass is 9.73. The monoisotopic (exact) mass is 188 g/mol. The van der Waals surface area contributed by atoms with E-state index in [4.69, 9.17) is 11.6 Å². The second-order valence-electron chi connectivity index (χ2n) is 4.48. The summed E-state index contributed by atoms with van der Waals surface area (Å²) in [6.45, 7) is 6.92. The Morgan fingerprint density at radius 1 is 1.33 bits per heavy atom. The van der Waals surface area contributed by atoms with E-state index in [0.717, 1.165) is 24.2 Å². The largest absolute Gasteiger partial charge is 0.123 e. The molecule has 0 heterocycles. The summed E-state index contributed by atoms with van der Waals surface area (Å²) in [7, 11) is 0. The third-order valence-electron chi connectivity index (χ3n) is 3.37. The first kappa shape index (κ1) is 10.4. The van der Waals surface area contributed by atoms with Crippen LogP contribution < -0.4 is 0 Å². The van der Waals surface area contributed by atoms with E-state index >= 15 is 0 Å². The number of rotatable bonds is 2. The molecule has 0 N–H and O–H groups in total. The minimum atomic E-state index is 0.419. The van der Waals surface area contributed by atoms with Gasteiger partial charge in [0.15, 0.2) is 0 Å². The van der Waals surface area contributed by atoms with Crippen molar-refractivity contribution in [2.24, 2.45) is 17.8 Å². The molecule has 0 amide bonds. The maximum Gasteiger partial charge on any atom is 0.0364 e. The van der Waals surface area contributed by atoms with Gasteiger partial charge in [-0.25, -0.2) is 0 Å².